The predicted molar refractivity (Wildman–Crippen MR) is 417 cm³/mol. The van der Waals surface area contributed by atoms with Gasteiger partial charge in [-0.3, -0.25) is 32.5 Å². The fraction of sp³-hybridized carbons (Fsp3) is 0.651. The van der Waals surface area contributed by atoms with E-state index in [-0.39, 0.29) is 19.3 Å². The molecule has 5 unspecified atom stereocenters. The number of carbonyl (C=O) groups is 3. The van der Waals surface area contributed by atoms with Crippen molar-refractivity contribution in [3.63, 3.8) is 0 Å². The summed E-state index contributed by atoms with van der Waals surface area (Å²) in [5, 5.41) is 20.6. The Labute approximate surface area is 612 Å². The number of phosphoric acid groups is 2. The molecule has 0 radical (unpaired) electrons. The Morgan fingerprint density at radius 1 is 0.277 bits per heavy atom. The molecule has 0 aromatic rings. The summed E-state index contributed by atoms with van der Waals surface area (Å²) in [6, 6.07) is 0. The maximum Gasteiger partial charge on any atom is 0.472 e. The van der Waals surface area contributed by atoms with Gasteiger partial charge in [-0.05, 0) is 141 Å². The molecule has 18 heteroatoms. The lowest BCUT2D eigenvalue weighted by atomic mass is 10.1. The summed E-state index contributed by atoms with van der Waals surface area (Å²) in [4.78, 5) is 58.7. The van der Waals surface area contributed by atoms with Gasteiger partial charge in [0.05, 0.1) is 26.4 Å². The zero-order valence-corrected chi connectivity index (χ0v) is 64.6. The highest BCUT2D eigenvalue weighted by molar-refractivity contribution is 7.47. The lowest BCUT2D eigenvalue weighted by Crippen LogP contribution is -2.30. The Hall–Kier alpha value is -4.83. The van der Waals surface area contributed by atoms with Crippen LogP contribution in [0.25, 0.3) is 0 Å². The van der Waals surface area contributed by atoms with Crippen molar-refractivity contribution in [3.8, 4) is 0 Å². The van der Waals surface area contributed by atoms with E-state index in [2.05, 4.69) is 179 Å². The van der Waals surface area contributed by atoms with E-state index in [9.17, 15) is 43.5 Å². The van der Waals surface area contributed by atoms with Crippen molar-refractivity contribution in [3.05, 3.63) is 158 Å². The Bertz CT molecular complexity index is 2470. The average molecular weight is 1450 g/mol. The Morgan fingerprint density at radius 2 is 0.495 bits per heavy atom. The van der Waals surface area contributed by atoms with E-state index in [1.807, 2.05) is 0 Å². The van der Waals surface area contributed by atoms with Crippen LogP contribution in [-0.4, -0.2) is 95.9 Å². The molecule has 0 saturated carbocycles. The van der Waals surface area contributed by atoms with Gasteiger partial charge < -0.3 is 34.2 Å². The summed E-state index contributed by atoms with van der Waals surface area (Å²) < 4.78 is 61.2. The van der Waals surface area contributed by atoms with Crippen molar-refractivity contribution in [2.24, 2.45) is 0 Å². The molecule has 0 aliphatic rings. The largest absolute Gasteiger partial charge is 0.472 e. The number of phosphoric ester groups is 2. The van der Waals surface area contributed by atoms with Crippen molar-refractivity contribution in [2.45, 2.75) is 309 Å². The van der Waals surface area contributed by atoms with Crippen LogP contribution in [0.15, 0.2) is 158 Å². The third-order valence-electron chi connectivity index (χ3n) is 15.7. The van der Waals surface area contributed by atoms with Crippen molar-refractivity contribution >= 4 is 33.6 Å². The second kappa shape index (κ2) is 74.9. The zero-order valence-electron chi connectivity index (χ0n) is 62.8. The Kier molecular flexibility index (Phi) is 71.3. The first kappa shape index (κ1) is 96.2. The van der Waals surface area contributed by atoms with Gasteiger partial charge in [0.2, 0.25) is 0 Å². The normalized spacial score (nSPS) is 14.9. The van der Waals surface area contributed by atoms with Crippen LogP contribution < -0.4 is 0 Å². The summed E-state index contributed by atoms with van der Waals surface area (Å²) in [5.74, 6) is -1.61. The molecule has 0 aliphatic carbocycles. The quantitative estimate of drug-likeness (QED) is 0.0146. The topological polar surface area (TPSA) is 231 Å². The second-order valence-electron chi connectivity index (χ2n) is 25.4. The minimum atomic E-state index is -4.94. The van der Waals surface area contributed by atoms with Gasteiger partial charge in [0, 0.05) is 19.3 Å². The first-order valence-electron chi connectivity index (χ1n) is 38.8. The maximum absolute atomic E-state index is 13.0. The summed E-state index contributed by atoms with van der Waals surface area (Å²) in [6.45, 7) is 2.31. The number of aliphatic hydroxyl groups is 2. The highest BCUT2D eigenvalue weighted by Gasteiger charge is 2.29. The van der Waals surface area contributed by atoms with Crippen LogP contribution in [0.4, 0.5) is 0 Å². The van der Waals surface area contributed by atoms with Gasteiger partial charge in [0.25, 0.3) is 0 Å². The van der Waals surface area contributed by atoms with Crippen LogP contribution in [0, 0.1) is 0 Å². The third-order valence-corrected chi connectivity index (χ3v) is 17.6. The molecule has 0 spiro atoms. The molecule has 576 valence electrons. The van der Waals surface area contributed by atoms with Gasteiger partial charge >= 0.3 is 33.6 Å². The fourth-order valence-electron chi connectivity index (χ4n) is 9.93. The SMILES string of the molecule is CC/C=C\C/C=C\C/C=C\C/C=C\C/C=C\CCCCCCCCCCCC(=O)OCC(O)COP(=O)(O)OCC(O)COP(=O)(O)OCC(COC(=O)CCCCCCCCC/C=C\C/C=C\C/C=C\C/C=C\C/C=C\CC)OC(=O)CCCCCCCCC/C=C\C/C=C\C/C=C\CC. The van der Waals surface area contributed by atoms with Gasteiger partial charge in [-0.2, -0.15) is 0 Å². The molecule has 0 amide bonds. The van der Waals surface area contributed by atoms with Crippen molar-refractivity contribution < 1.29 is 75.8 Å². The van der Waals surface area contributed by atoms with E-state index in [0.29, 0.717) is 19.3 Å². The molecule has 16 nitrogen and oxygen atoms in total. The van der Waals surface area contributed by atoms with Crippen molar-refractivity contribution in [2.75, 3.05) is 39.6 Å². The molecule has 4 N–H and O–H groups in total. The van der Waals surface area contributed by atoms with Gasteiger partial charge in [-0.15, -0.1) is 0 Å². The van der Waals surface area contributed by atoms with E-state index in [1.165, 1.54) is 25.7 Å². The number of unbranched alkanes of at least 4 members (excludes halogenated alkanes) is 23. The first-order valence-corrected chi connectivity index (χ1v) is 41.8. The number of esters is 3. The van der Waals surface area contributed by atoms with Crippen LogP contribution in [0.2, 0.25) is 0 Å². The van der Waals surface area contributed by atoms with Crippen molar-refractivity contribution in [1.29, 1.82) is 0 Å². The number of rotatable bonds is 72. The number of carbonyl (C=O) groups excluding carboxylic acids is 3. The van der Waals surface area contributed by atoms with E-state index in [1.54, 1.807) is 0 Å². The minimum Gasteiger partial charge on any atom is -0.463 e. The molecular weight excluding hydrogens is 1310 g/mol. The first-order chi connectivity index (χ1) is 49.2. The molecule has 0 aliphatic heterocycles. The smallest absolute Gasteiger partial charge is 0.463 e. The van der Waals surface area contributed by atoms with Gasteiger partial charge in [-0.25, -0.2) is 9.13 Å². The molecule has 0 aromatic heterocycles. The van der Waals surface area contributed by atoms with Gasteiger partial charge in [0.1, 0.15) is 25.4 Å². The zero-order chi connectivity index (χ0) is 73.7. The number of ether oxygens (including phenoxy) is 3. The van der Waals surface area contributed by atoms with Gasteiger partial charge in [-0.1, -0.05) is 288 Å². The monoisotopic (exact) mass is 1450 g/mol. The summed E-state index contributed by atoms with van der Waals surface area (Å²) in [5.41, 5.74) is 0. The van der Waals surface area contributed by atoms with E-state index in [4.69, 9.17) is 32.3 Å². The Balaban J connectivity index is 4.66. The molecular formula is C83H138O16P2. The van der Waals surface area contributed by atoms with Crippen LogP contribution in [0.1, 0.15) is 290 Å². The van der Waals surface area contributed by atoms with Crippen LogP contribution in [0.3, 0.4) is 0 Å². The van der Waals surface area contributed by atoms with Gasteiger partial charge in [0.15, 0.2) is 6.10 Å². The minimum absolute atomic E-state index is 0.0856. The fourth-order valence-corrected chi connectivity index (χ4v) is 11.5. The molecule has 0 fully saturated rings. The average Bonchev–Trinajstić information content (AvgIpc) is 0.946. The highest BCUT2D eigenvalue weighted by Crippen LogP contribution is 2.45. The predicted octanol–water partition coefficient (Wildman–Crippen LogP) is 22.6. The third kappa shape index (κ3) is 76.1. The number of hydrogen-bond acceptors (Lipinski definition) is 14. The number of aliphatic hydroxyl groups excluding tert-OH is 2. The lowest BCUT2D eigenvalue weighted by molar-refractivity contribution is -0.161. The van der Waals surface area contributed by atoms with E-state index >= 15 is 0 Å². The standard InChI is InChI=1S/C83H138O16P2/c1-4-7-10-13-16-19-22-25-28-31-33-35-37-38-40-42-43-46-48-51-54-57-60-63-66-69-81(86)93-72-78(84)73-95-100(89,90)96-74-79(85)75-97-101(91,92)98-77-80(99-83(88)71-68-65-62-59-56-53-50-45-30-27-24-21-18-15-12-9-6-3)76-94-82(87)70-67-64-61-58-55-52-49-47-44-41-39-36-34-32-29-26-23-20-17-14-11-8-5-2/h7-12,16-21,25-30,33-36,38,40-41,44,78-80,84-85H,4-6,13-15,22-24,31-32,37,39,42-43,45-77H2,1-3H3,(H,89,90)(H,91,92)/b10-7-,11-8-,12-9-,19-16-,20-17-,21-18-,28-25-,29-26-,30-27-,35-33-,36-34-,40-38-,44-41-. The summed E-state index contributed by atoms with van der Waals surface area (Å²) >= 11 is 0. The molecule has 0 saturated heterocycles. The number of allylic oxidation sites excluding steroid dienone is 26. The van der Waals surface area contributed by atoms with Crippen LogP contribution >= 0.6 is 15.6 Å². The summed E-state index contributed by atoms with van der Waals surface area (Å²) in [7, 11) is -9.81. The molecule has 0 heterocycles. The number of hydrogen-bond donors (Lipinski definition) is 4. The molecule has 0 rings (SSSR count). The lowest BCUT2D eigenvalue weighted by Gasteiger charge is -2.21. The molecule has 0 aromatic carbocycles. The second-order valence-corrected chi connectivity index (χ2v) is 28.3. The molecule has 5 atom stereocenters. The van der Waals surface area contributed by atoms with Crippen LogP contribution in [-0.2, 0) is 55.8 Å². The highest BCUT2D eigenvalue weighted by atomic mass is 31.2. The molecule has 0 bridgehead atoms. The van der Waals surface area contributed by atoms with Crippen molar-refractivity contribution in [1.82, 2.24) is 0 Å². The summed E-state index contributed by atoms with van der Waals surface area (Å²) in [6.07, 6.45) is 92.7. The van der Waals surface area contributed by atoms with Crippen LogP contribution in [0.5, 0.6) is 0 Å². The van der Waals surface area contributed by atoms with E-state index < -0.39 is 91.5 Å². The molecule has 101 heavy (non-hydrogen) atoms. The Morgan fingerprint density at radius 3 is 0.782 bits per heavy atom. The maximum atomic E-state index is 13.0. The van der Waals surface area contributed by atoms with E-state index in [0.717, 1.165) is 205 Å².